The van der Waals surface area contributed by atoms with E-state index >= 15 is 0 Å². The lowest BCUT2D eigenvalue weighted by molar-refractivity contribution is 0.277. The number of rotatable bonds is 7. The number of aromatic nitrogens is 2. The van der Waals surface area contributed by atoms with Crippen LogP contribution in [0.1, 0.15) is 38.7 Å². The van der Waals surface area contributed by atoms with Gasteiger partial charge in [0.05, 0.1) is 5.69 Å². The number of nitrogens with zero attached hydrogens (tertiary/aromatic N) is 3. The molecule has 0 aliphatic carbocycles. The van der Waals surface area contributed by atoms with Crippen molar-refractivity contribution in [2.24, 2.45) is 0 Å². The molecule has 0 spiro atoms. The van der Waals surface area contributed by atoms with Crippen LogP contribution >= 0.6 is 0 Å². The molecule has 4 heteroatoms. The topological polar surface area (TPSA) is 41.0 Å². The van der Waals surface area contributed by atoms with Crippen LogP contribution in [0.15, 0.2) is 36.4 Å². The molecule has 1 aromatic heterocycles. The maximum Gasteiger partial charge on any atom is 0.149 e. The van der Waals surface area contributed by atoms with Gasteiger partial charge < -0.3 is 5.32 Å². The van der Waals surface area contributed by atoms with Gasteiger partial charge in [0.1, 0.15) is 5.82 Å². The zero-order valence-electron chi connectivity index (χ0n) is 14.8. The summed E-state index contributed by atoms with van der Waals surface area (Å²) in [7, 11) is 0. The predicted octanol–water partition coefficient (Wildman–Crippen LogP) is 3.99. The fraction of sp³-hybridized carbons (Fsp3) is 0.500. The molecule has 2 heterocycles. The van der Waals surface area contributed by atoms with Crippen LogP contribution in [0.5, 0.6) is 0 Å². The lowest BCUT2D eigenvalue weighted by Crippen LogP contribution is -2.34. The van der Waals surface area contributed by atoms with Crippen molar-refractivity contribution in [3.8, 4) is 11.3 Å². The number of likely N-dealkylation sites (N-methyl/N-ethyl adjacent to an activating group) is 1. The normalized spacial score (nSPS) is 18.0. The van der Waals surface area contributed by atoms with Gasteiger partial charge in [-0.15, -0.1) is 10.2 Å². The van der Waals surface area contributed by atoms with Gasteiger partial charge in [-0.25, -0.2) is 0 Å². The highest BCUT2D eigenvalue weighted by atomic mass is 15.2. The van der Waals surface area contributed by atoms with E-state index in [0.29, 0.717) is 6.04 Å². The van der Waals surface area contributed by atoms with E-state index in [0.717, 1.165) is 43.0 Å². The molecule has 1 aromatic carbocycles. The third-order valence-electron chi connectivity index (χ3n) is 4.86. The number of hydrogen-bond donors (Lipinski definition) is 1. The second-order valence-electron chi connectivity index (χ2n) is 6.52. The molecule has 1 fully saturated rings. The summed E-state index contributed by atoms with van der Waals surface area (Å²) in [4.78, 5) is 2.55. The van der Waals surface area contributed by atoms with Gasteiger partial charge in [-0.05, 0) is 44.0 Å². The van der Waals surface area contributed by atoms with Gasteiger partial charge in [0, 0.05) is 18.2 Å². The van der Waals surface area contributed by atoms with Crippen molar-refractivity contribution in [3.63, 3.8) is 0 Å². The number of anilines is 1. The first-order valence-electron chi connectivity index (χ1n) is 9.21. The highest BCUT2D eigenvalue weighted by Crippen LogP contribution is 2.24. The largest absolute Gasteiger partial charge is 0.367 e. The van der Waals surface area contributed by atoms with Crippen molar-refractivity contribution in [2.75, 3.05) is 25.0 Å². The van der Waals surface area contributed by atoms with Crippen LogP contribution in [-0.4, -0.2) is 40.8 Å². The first kappa shape index (κ1) is 16.9. The standard InChI is InChI=1S/C20H28N4/c1-3-9-17-14-19(21-15-18-12-8-13-24(18)4-2)22-23-20(17)16-10-6-5-7-11-16/h5-7,10-11,14,18H,3-4,8-9,12-13,15H2,1-2H3,(H,21,22). The van der Waals surface area contributed by atoms with E-state index in [1.165, 1.54) is 24.9 Å². The first-order valence-corrected chi connectivity index (χ1v) is 9.21. The lowest BCUT2D eigenvalue weighted by atomic mass is 10.0. The molecule has 128 valence electrons. The van der Waals surface area contributed by atoms with Gasteiger partial charge >= 0.3 is 0 Å². The minimum Gasteiger partial charge on any atom is -0.367 e. The quantitative estimate of drug-likeness (QED) is 0.836. The van der Waals surface area contributed by atoms with E-state index in [9.17, 15) is 0 Å². The van der Waals surface area contributed by atoms with E-state index < -0.39 is 0 Å². The van der Waals surface area contributed by atoms with Crippen LogP contribution in [0.25, 0.3) is 11.3 Å². The highest BCUT2D eigenvalue weighted by Gasteiger charge is 2.22. The molecule has 1 unspecified atom stereocenters. The van der Waals surface area contributed by atoms with E-state index in [2.05, 4.69) is 64.6 Å². The fourth-order valence-corrected chi connectivity index (χ4v) is 3.58. The van der Waals surface area contributed by atoms with Crippen LogP contribution in [0.2, 0.25) is 0 Å². The first-order chi connectivity index (χ1) is 11.8. The van der Waals surface area contributed by atoms with Gasteiger partial charge in [0.2, 0.25) is 0 Å². The Morgan fingerprint density at radius 3 is 2.75 bits per heavy atom. The fourth-order valence-electron chi connectivity index (χ4n) is 3.58. The number of hydrogen-bond acceptors (Lipinski definition) is 4. The summed E-state index contributed by atoms with van der Waals surface area (Å²) in [6.07, 6.45) is 4.72. The number of likely N-dealkylation sites (tertiary alicyclic amines) is 1. The maximum atomic E-state index is 4.53. The Bertz CT molecular complexity index is 641. The molecule has 24 heavy (non-hydrogen) atoms. The van der Waals surface area contributed by atoms with Gasteiger partial charge in [-0.2, -0.15) is 0 Å². The van der Waals surface area contributed by atoms with Crippen molar-refractivity contribution in [3.05, 3.63) is 42.0 Å². The lowest BCUT2D eigenvalue weighted by Gasteiger charge is -2.23. The second-order valence-corrected chi connectivity index (χ2v) is 6.52. The summed E-state index contributed by atoms with van der Waals surface area (Å²) in [6.45, 7) is 7.76. The Kier molecular flexibility index (Phi) is 5.81. The Hall–Kier alpha value is -1.94. The van der Waals surface area contributed by atoms with Gasteiger partial charge in [0.15, 0.2) is 0 Å². The van der Waals surface area contributed by atoms with Gasteiger partial charge in [-0.1, -0.05) is 50.6 Å². The minimum atomic E-state index is 0.625. The van der Waals surface area contributed by atoms with E-state index in [4.69, 9.17) is 0 Å². The Morgan fingerprint density at radius 2 is 2.00 bits per heavy atom. The molecule has 4 nitrogen and oxygen atoms in total. The molecule has 0 bridgehead atoms. The van der Waals surface area contributed by atoms with Gasteiger partial charge in [-0.3, -0.25) is 4.90 Å². The molecular weight excluding hydrogens is 296 g/mol. The molecule has 0 amide bonds. The van der Waals surface area contributed by atoms with E-state index in [1.807, 2.05) is 6.07 Å². The number of nitrogens with one attached hydrogen (secondary N) is 1. The van der Waals surface area contributed by atoms with Crippen LogP contribution in [0.3, 0.4) is 0 Å². The van der Waals surface area contributed by atoms with Crippen molar-refractivity contribution in [2.45, 2.75) is 45.6 Å². The zero-order valence-corrected chi connectivity index (χ0v) is 14.8. The molecule has 1 N–H and O–H groups in total. The molecule has 1 aliphatic heterocycles. The molecule has 0 radical (unpaired) electrons. The van der Waals surface area contributed by atoms with Crippen molar-refractivity contribution >= 4 is 5.82 Å². The summed E-state index contributed by atoms with van der Waals surface area (Å²) in [5.41, 5.74) is 3.44. The van der Waals surface area contributed by atoms with Crippen LogP contribution in [0.4, 0.5) is 5.82 Å². The summed E-state index contributed by atoms with van der Waals surface area (Å²) < 4.78 is 0. The molecule has 1 aliphatic rings. The highest BCUT2D eigenvalue weighted by molar-refractivity contribution is 5.64. The Morgan fingerprint density at radius 1 is 1.17 bits per heavy atom. The number of aryl methyl sites for hydroxylation is 1. The molecule has 0 saturated carbocycles. The molecule has 1 saturated heterocycles. The van der Waals surface area contributed by atoms with Crippen molar-refractivity contribution in [1.29, 1.82) is 0 Å². The summed E-state index contributed by atoms with van der Waals surface area (Å²) in [5, 5.41) is 12.5. The molecule has 3 rings (SSSR count). The van der Waals surface area contributed by atoms with Crippen LogP contribution < -0.4 is 5.32 Å². The Balaban J connectivity index is 1.74. The van der Waals surface area contributed by atoms with Crippen LogP contribution in [-0.2, 0) is 6.42 Å². The third kappa shape index (κ3) is 3.93. The van der Waals surface area contributed by atoms with E-state index in [-0.39, 0.29) is 0 Å². The summed E-state index contributed by atoms with van der Waals surface area (Å²) in [6, 6.07) is 13.2. The average molecular weight is 324 g/mol. The minimum absolute atomic E-state index is 0.625. The second kappa shape index (κ2) is 8.25. The molecule has 2 aromatic rings. The van der Waals surface area contributed by atoms with Crippen molar-refractivity contribution in [1.82, 2.24) is 15.1 Å². The van der Waals surface area contributed by atoms with Crippen LogP contribution in [0, 0.1) is 0 Å². The van der Waals surface area contributed by atoms with Crippen molar-refractivity contribution < 1.29 is 0 Å². The smallest absolute Gasteiger partial charge is 0.149 e. The summed E-state index contributed by atoms with van der Waals surface area (Å²) in [5.74, 6) is 0.904. The molecular formula is C20H28N4. The maximum absolute atomic E-state index is 4.53. The Labute approximate surface area is 145 Å². The zero-order chi connectivity index (χ0) is 16.8. The number of benzene rings is 1. The van der Waals surface area contributed by atoms with Gasteiger partial charge in [0.25, 0.3) is 0 Å². The third-order valence-corrected chi connectivity index (χ3v) is 4.86. The predicted molar refractivity (Wildman–Crippen MR) is 100 cm³/mol. The van der Waals surface area contributed by atoms with E-state index in [1.54, 1.807) is 0 Å². The average Bonchev–Trinajstić information content (AvgIpc) is 3.09. The molecule has 1 atom stereocenters. The summed E-state index contributed by atoms with van der Waals surface area (Å²) >= 11 is 0. The monoisotopic (exact) mass is 324 g/mol. The SMILES string of the molecule is CCCc1cc(NCC2CCCN2CC)nnc1-c1ccccc1.